The molecule has 0 aliphatic carbocycles. The first-order valence-electron chi connectivity index (χ1n) is 9.06. The third-order valence-corrected chi connectivity index (χ3v) is 4.70. The standard InChI is InChI=1S/C22H24N2O4/c1-13-9-14(2)20-17(10-13)11-16(22(26)24-20)7-8-23-21(25)15-5-6-18(27-3)19(12-15)28-4/h5-6,9-12H,7-8H2,1-4H3,(H,23,25)(H,24,26). The summed E-state index contributed by atoms with van der Waals surface area (Å²) in [5.41, 5.74) is 4.03. The minimum atomic E-state index is -0.232. The van der Waals surface area contributed by atoms with Gasteiger partial charge in [0.15, 0.2) is 11.5 Å². The number of amides is 1. The van der Waals surface area contributed by atoms with Gasteiger partial charge in [0.05, 0.1) is 19.7 Å². The minimum absolute atomic E-state index is 0.125. The Morgan fingerprint density at radius 3 is 2.50 bits per heavy atom. The van der Waals surface area contributed by atoms with Crippen LogP contribution in [0, 0.1) is 13.8 Å². The van der Waals surface area contributed by atoms with Gasteiger partial charge in [0.25, 0.3) is 11.5 Å². The summed E-state index contributed by atoms with van der Waals surface area (Å²) in [6, 6.07) is 11.0. The van der Waals surface area contributed by atoms with Crippen LogP contribution in [-0.4, -0.2) is 31.7 Å². The van der Waals surface area contributed by atoms with E-state index in [0.29, 0.717) is 35.6 Å². The molecule has 2 N–H and O–H groups in total. The molecule has 0 bridgehead atoms. The number of carbonyl (C=O) groups is 1. The highest BCUT2D eigenvalue weighted by Crippen LogP contribution is 2.27. The molecule has 0 saturated heterocycles. The van der Waals surface area contributed by atoms with Crippen LogP contribution in [0.5, 0.6) is 11.5 Å². The van der Waals surface area contributed by atoms with Crippen molar-refractivity contribution in [1.82, 2.24) is 10.3 Å². The summed E-state index contributed by atoms with van der Waals surface area (Å²) in [7, 11) is 3.07. The van der Waals surface area contributed by atoms with E-state index in [-0.39, 0.29) is 11.5 Å². The minimum Gasteiger partial charge on any atom is -0.493 e. The lowest BCUT2D eigenvalue weighted by Crippen LogP contribution is -2.27. The number of hydrogen-bond acceptors (Lipinski definition) is 4. The van der Waals surface area contributed by atoms with E-state index in [1.54, 1.807) is 25.3 Å². The topological polar surface area (TPSA) is 80.4 Å². The number of methoxy groups -OCH3 is 2. The number of hydrogen-bond donors (Lipinski definition) is 2. The lowest BCUT2D eigenvalue weighted by atomic mass is 10.0. The smallest absolute Gasteiger partial charge is 0.251 e. The van der Waals surface area contributed by atoms with Crippen molar-refractivity contribution >= 4 is 16.8 Å². The van der Waals surface area contributed by atoms with Gasteiger partial charge in [-0.3, -0.25) is 9.59 Å². The Morgan fingerprint density at radius 1 is 1.04 bits per heavy atom. The first kappa shape index (κ1) is 19.5. The molecule has 3 rings (SSSR count). The molecular weight excluding hydrogens is 356 g/mol. The Labute approximate surface area is 163 Å². The van der Waals surface area contributed by atoms with E-state index >= 15 is 0 Å². The highest BCUT2D eigenvalue weighted by atomic mass is 16.5. The van der Waals surface area contributed by atoms with E-state index in [0.717, 1.165) is 22.0 Å². The maximum absolute atomic E-state index is 12.4. The van der Waals surface area contributed by atoms with Gasteiger partial charge in [-0.2, -0.15) is 0 Å². The van der Waals surface area contributed by atoms with Gasteiger partial charge in [-0.25, -0.2) is 0 Å². The molecule has 0 aliphatic heterocycles. The van der Waals surface area contributed by atoms with E-state index in [2.05, 4.69) is 10.3 Å². The number of aryl methyl sites for hydroxylation is 2. The second-order valence-corrected chi connectivity index (χ2v) is 6.75. The maximum Gasteiger partial charge on any atom is 0.251 e. The Hall–Kier alpha value is -3.28. The van der Waals surface area contributed by atoms with E-state index in [1.165, 1.54) is 7.11 Å². The number of benzene rings is 2. The second-order valence-electron chi connectivity index (χ2n) is 6.75. The fourth-order valence-electron chi connectivity index (χ4n) is 3.31. The highest BCUT2D eigenvalue weighted by Gasteiger charge is 2.11. The molecule has 1 aromatic heterocycles. The van der Waals surface area contributed by atoms with Crippen LogP contribution >= 0.6 is 0 Å². The molecule has 1 amide bonds. The predicted octanol–water partition coefficient (Wildman–Crippen LogP) is 3.13. The quantitative estimate of drug-likeness (QED) is 0.688. The number of fused-ring (bicyclic) bond motifs is 1. The zero-order valence-corrected chi connectivity index (χ0v) is 16.5. The number of nitrogens with one attached hydrogen (secondary N) is 2. The molecule has 0 unspecified atom stereocenters. The van der Waals surface area contributed by atoms with Crippen LogP contribution in [0.1, 0.15) is 27.0 Å². The predicted molar refractivity (Wildman–Crippen MR) is 110 cm³/mol. The molecule has 0 atom stereocenters. The Bertz CT molecular complexity index is 1090. The van der Waals surface area contributed by atoms with Gasteiger partial charge in [0, 0.05) is 17.7 Å². The van der Waals surface area contributed by atoms with Crippen LogP contribution in [0.15, 0.2) is 41.2 Å². The van der Waals surface area contributed by atoms with Crippen molar-refractivity contribution in [3.05, 3.63) is 69.0 Å². The van der Waals surface area contributed by atoms with Gasteiger partial charge >= 0.3 is 0 Å². The van der Waals surface area contributed by atoms with E-state index in [1.807, 2.05) is 32.0 Å². The number of aromatic amines is 1. The van der Waals surface area contributed by atoms with Gasteiger partial charge in [-0.15, -0.1) is 0 Å². The third kappa shape index (κ3) is 4.01. The van der Waals surface area contributed by atoms with Gasteiger partial charge < -0.3 is 19.8 Å². The molecular formula is C22H24N2O4. The summed E-state index contributed by atoms with van der Waals surface area (Å²) < 4.78 is 10.4. The van der Waals surface area contributed by atoms with E-state index in [9.17, 15) is 9.59 Å². The molecule has 0 aliphatic rings. The summed E-state index contributed by atoms with van der Waals surface area (Å²) >= 11 is 0. The van der Waals surface area contributed by atoms with Crippen molar-refractivity contribution < 1.29 is 14.3 Å². The second kappa shape index (κ2) is 8.17. The molecule has 28 heavy (non-hydrogen) atoms. The lowest BCUT2D eigenvalue weighted by Gasteiger charge is -2.10. The number of H-pyrrole nitrogens is 1. The summed E-state index contributed by atoms with van der Waals surface area (Å²) in [5.74, 6) is 0.823. The fraction of sp³-hybridized carbons (Fsp3) is 0.273. The summed E-state index contributed by atoms with van der Waals surface area (Å²) in [6.45, 7) is 4.36. The largest absolute Gasteiger partial charge is 0.493 e. The van der Waals surface area contributed by atoms with Crippen molar-refractivity contribution in [3.8, 4) is 11.5 Å². The highest BCUT2D eigenvalue weighted by molar-refractivity contribution is 5.94. The van der Waals surface area contributed by atoms with Crippen LogP contribution in [0.3, 0.4) is 0 Å². The van der Waals surface area contributed by atoms with E-state index in [4.69, 9.17) is 9.47 Å². The molecule has 0 radical (unpaired) electrons. The van der Waals surface area contributed by atoms with Gasteiger partial charge in [-0.1, -0.05) is 11.6 Å². The molecule has 146 valence electrons. The van der Waals surface area contributed by atoms with Crippen LogP contribution < -0.4 is 20.3 Å². The molecule has 6 nitrogen and oxygen atoms in total. The van der Waals surface area contributed by atoms with Crippen molar-refractivity contribution in [2.45, 2.75) is 20.3 Å². The Kier molecular flexibility index (Phi) is 5.68. The fourth-order valence-corrected chi connectivity index (χ4v) is 3.31. The SMILES string of the molecule is COc1ccc(C(=O)NCCc2cc3cc(C)cc(C)c3[nH]c2=O)cc1OC. The van der Waals surface area contributed by atoms with E-state index < -0.39 is 0 Å². The van der Waals surface area contributed by atoms with Crippen molar-refractivity contribution in [2.75, 3.05) is 20.8 Å². The molecule has 1 heterocycles. The first-order valence-corrected chi connectivity index (χ1v) is 9.06. The number of aromatic nitrogens is 1. The van der Waals surface area contributed by atoms with Crippen LogP contribution in [0.4, 0.5) is 0 Å². The summed E-state index contributed by atoms with van der Waals surface area (Å²) in [6.07, 6.45) is 0.442. The van der Waals surface area contributed by atoms with Gasteiger partial charge in [0.1, 0.15) is 0 Å². The molecule has 6 heteroatoms. The molecule has 2 aromatic carbocycles. The van der Waals surface area contributed by atoms with Gasteiger partial charge in [0.2, 0.25) is 0 Å². The average Bonchev–Trinajstić information content (AvgIpc) is 2.68. The molecule has 0 saturated carbocycles. The van der Waals surface area contributed by atoms with Crippen molar-refractivity contribution in [3.63, 3.8) is 0 Å². The zero-order valence-electron chi connectivity index (χ0n) is 16.5. The first-order chi connectivity index (χ1) is 13.4. The summed E-state index contributed by atoms with van der Waals surface area (Å²) in [5, 5.41) is 3.84. The zero-order chi connectivity index (χ0) is 20.3. The molecule has 0 fully saturated rings. The number of pyridine rings is 1. The van der Waals surface area contributed by atoms with Crippen LogP contribution in [-0.2, 0) is 6.42 Å². The number of rotatable bonds is 6. The van der Waals surface area contributed by atoms with Gasteiger partial charge in [-0.05, 0) is 61.5 Å². The number of ether oxygens (including phenoxy) is 2. The average molecular weight is 380 g/mol. The van der Waals surface area contributed by atoms with Crippen molar-refractivity contribution in [2.24, 2.45) is 0 Å². The Balaban J connectivity index is 1.72. The normalized spacial score (nSPS) is 10.7. The van der Waals surface area contributed by atoms with Crippen molar-refractivity contribution in [1.29, 1.82) is 0 Å². The maximum atomic E-state index is 12.4. The monoisotopic (exact) mass is 380 g/mol. The number of carbonyl (C=O) groups excluding carboxylic acids is 1. The third-order valence-electron chi connectivity index (χ3n) is 4.70. The van der Waals surface area contributed by atoms with Crippen LogP contribution in [0.25, 0.3) is 10.9 Å². The lowest BCUT2D eigenvalue weighted by molar-refractivity contribution is 0.0953. The Morgan fingerprint density at radius 2 is 1.79 bits per heavy atom. The summed E-state index contributed by atoms with van der Waals surface area (Å²) in [4.78, 5) is 27.7. The van der Waals surface area contributed by atoms with Crippen LogP contribution in [0.2, 0.25) is 0 Å². The molecule has 3 aromatic rings. The molecule has 0 spiro atoms.